The van der Waals surface area contributed by atoms with E-state index in [0.29, 0.717) is 5.82 Å². The molecule has 258 valence electrons. The molecule has 2 aromatic heterocycles. The first-order chi connectivity index (χ1) is 27.3. The number of para-hydroxylation sites is 2. The molecule has 0 spiro atoms. The van der Waals surface area contributed by atoms with Gasteiger partial charge in [-0.2, -0.15) is 0 Å². The van der Waals surface area contributed by atoms with Crippen molar-refractivity contribution in [2.45, 2.75) is 0 Å². The Kier molecular flexibility index (Phi) is 8.12. The molecule has 0 bridgehead atoms. The molecule has 55 heavy (non-hydrogen) atoms. The summed E-state index contributed by atoms with van der Waals surface area (Å²) < 4.78 is 0. The quantitative estimate of drug-likeness (QED) is 0.155. The number of hydrogen-bond acceptors (Lipinski definition) is 4. The Labute approximate surface area is 319 Å². The van der Waals surface area contributed by atoms with Crippen LogP contribution in [0.1, 0.15) is 0 Å². The van der Waals surface area contributed by atoms with Crippen LogP contribution in [-0.4, -0.2) is 15.0 Å². The van der Waals surface area contributed by atoms with Gasteiger partial charge in [-0.25, -0.2) is 15.0 Å². The first-order valence-electron chi connectivity index (χ1n) is 18.5. The molecular weight excluding hydrogens is 669 g/mol. The molecule has 0 fully saturated rings. The van der Waals surface area contributed by atoms with E-state index in [0.717, 1.165) is 83.5 Å². The molecule has 4 heteroatoms. The van der Waals surface area contributed by atoms with Crippen LogP contribution in [-0.2, 0) is 0 Å². The van der Waals surface area contributed by atoms with Gasteiger partial charge in [0.25, 0.3) is 0 Å². The second-order valence-electron chi connectivity index (χ2n) is 13.6. The Morgan fingerprint density at radius 1 is 0.345 bits per heavy atom. The predicted molar refractivity (Wildman–Crippen MR) is 229 cm³/mol. The van der Waals surface area contributed by atoms with Crippen molar-refractivity contribution in [2.75, 3.05) is 4.90 Å². The van der Waals surface area contributed by atoms with Crippen molar-refractivity contribution in [3.63, 3.8) is 0 Å². The van der Waals surface area contributed by atoms with Crippen LogP contribution in [0.15, 0.2) is 206 Å². The van der Waals surface area contributed by atoms with Crippen molar-refractivity contribution < 1.29 is 0 Å². The van der Waals surface area contributed by atoms with Gasteiger partial charge in [-0.05, 0) is 53.2 Å². The van der Waals surface area contributed by atoms with Gasteiger partial charge in [-0.15, -0.1) is 0 Å². The van der Waals surface area contributed by atoms with E-state index in [4.69, 9.17) is 15.0 Å². The van der Waals surface area contributed by atoms with Crippen LogP contribution in [0, 0.1) is 0 Å². The lowest BCUT2D eigenvalue weighted by Gasteiger charge is -2.28. The standard InChI is InChI=1S/C51H34N4/c1-6-18-35(19-7-1)44-34-45(54-51(53-44)37-22-10-3-11-23-37)39-30-31-43-46(32-39)52-50(36-20-8-2-9-21-36)49-47(33-38-24-16-17-29-42(38)48(43)49)55(40-25-12-4-13-26-40)41-27-14-5-15-28-41/h1-34H. The molecular formula is C51H34N4. The zero-order valence-electron chi connectivity index (χ0n) is 29.9. The van der Waals surface area contributed by atoms with Crippen molar-refractivity contribution in [2.24, 2.45) is 0 Å². The van der Waals surface area contributed by atoms with E-state index >= 15 is 0 Å². The molecule has 0 saturated carbocycles. The molecule has 0 unspecified atom stereocenters. The molecule has 2 heterocycles. The summed E-state index contributed by atoms with van der Waals surface area (Å²) >= 11 is 0. The summed E-state index contributed by atoms with van der Waals surface area (Å²) in [5.74, 6) is 0.686. The van der Waals surface area contributed by atoms with E-state index in [2.05, 4.69) is 175 Å². The number of hydrogen-bond donors (Lipinski definition) is 0. The SMILES string of the molecule is c1ccc(-c2cc(-c3ccc4c(c3)nc(-c3ccccc3)c3c(N(c5ccccc5)c5ccccc5)cc5ccccc5c34)nc(-c3ccccc3)n2)cc1. The second-order valence-corrected chi connectivity index (χ2v) is 13.6. The molecule has 0 saturated heterocycles. The van der Waals surface area contributed by atoms with Gasteiger partial charge in [0.1, 0.15) is 0 Å². The van der Waals surface area contributed by atoms with Gasteiger partial charge < -0.3 is 4.90 Å². The summed E-state index contributed by atoms with van der Waals surface area (Å²) in [5, 5.41) is 5.68. The smallest absolute Gasteiger partial charge is 0.160 e. The van der Waals surface area contributed by atoms with Crippen molar-refractivity contribution >= 4 is 49.5 Å². The number of benzene rings is 8. The van der Waals surface area contributed by atoms with Crippen molar-refractivity contribution in [3.05, 3.63) is 206 Å². The number of fused-ring (bicyclic) bond motifs is 5. The van der Waals surface area contributed by atoms with Gasteiger partial charge >= 0.3 is 0 Å². The third kappa shape index (κ3) is 5.96. The fourth-order valence-electron chi connectivity index (χ4n) is 7.65. The lowest BCUT2D eigenvalue weighted by atomic mass is 9.92. The van der Waals surface area contributed by atoms with Gasteiger partial charge in [0.05, 0.1) is 28.3 Å². The third-order valence-corrected chi connectivity index (χ3v) is 10.2. The molecule has 0 amide bonds. The van der Waals surface area contributed by atoms with Crippen molar-refractivity contribution in [3.8, 4) is 45.2 Å². The van der Waals surface area contributed by atoms with E-state index in [9.17, 15) is 0 Å². The highest BCUT2D eigenvalue weighted by Crippen LogP contribution is 2.47. The van der Waals surface area contributed by atoms with Crippen LogP contribution in [0.4, 0.5) is 17.1 Å². The lowest BCUT2D eigenvalue weighted by Crippen LogP contribution is -2.11. The third-order valence-electron chi connectivity index (χ3n) is 10.2. The van der Waals surface area contributed by atoms with Crippen LogP contribution >= 0.6 is 0 Å². The van der Waals surface area contributed by atoms with Gasteiger partial charge in [0.2, 0.25) is 0 Å². The molecule has 4 nitrogen and oxygen atoms in total. The van der Waals surface area contributed by atoms with E-state index in [1.54, 1.807) is 0 Å². The summed E-state index contributed by atoms with van der Waals surface area (Å²) in [6.07, 6.45) is 0. The Morgan fingerprint density at radius 3 is 1.51 bits per heavy atom. The number of anilines is 3. The maximum Gasteiger partial charge on any atom is 0.160 e. The van der Waals surface area contributed by atoms with Gasteiger partial charge in [-0.1, -0.05) is 164 Å². The molecule has 0 radical (unpaired) electrons. The predicted octanol–water partition coefficient (Wildman–Crippen LogP) is 13.5. The topological polar surface area (TPSA) is 41.9 Å². The van der Waals surface area contributed by atoms with Crippen LogP contribution in [0.2, 0.25) is 0 Å². The largest absolute Gasteiger partial charge is 0.310 e. The summed E-state index contributed by atoms with van der Waals surface area (Å²) in [7, 11) is 0. The van der Waals surface area contributed by atoms with Crippen LogP contribution in [0.5, 0.6) is 0 Å². The van der Waals surface area contributed by atoms with E-state index in [-0.39, 0.29) is 0 Å². The lowest BCUT2D eigenvalue weighted by molar-refractivity contribution is 1.18. The Bertz CT molecular complexity index is 2850. The molecule has 0 aliphatic heterocycles. The average Bonchev–Trinajstić information content (AvgIpc) is 3.27. The highest BCUT2D eigenvalue weighted by molar-refractivity contribution is 6.27. The van der Waals surface area contributed by atoms with E-state index in [1.807, 2.05) is 36.4 Å². The number of aromatic nitrogens is 3. The molecule has 0 aliphatic carbocycles. The Hall–Kier alpha value is -7.43. The normalized spacial score (nSPS) is 11.3. The minimum absolute atomic E-state index is 0.686. The van der Waals surface area contributed by atoms with Crippen molar-refractivity contribution in [1.82, 2.24) is 15.0 Å². The summed E-state index contributed by atoms with van der Waals surface area (Å²) in [4.78, 5) is 18.1. The highest BCUT2D eigenvalue weighted by Gasteiger charge is 2.23. The molecule has 0 N–H and O–H groups in total. The number of nitrogens with zero attached hydrogens (tertiary/aromatic N) is 4. The zero-order chi connectivity index (χ0) is 36.6. The maximum absolute atomic E-state index is 5.59. The monoisotopic (exact) mass is 702 g/mol. The molecule has 0 atom stereocenters. The average molecular weight is 703 g/mol. The number of rotatable bonds is 7. The molecule has 0 aliphatic rings. The summed E-state index contributed by atoms with van der Waals surface area (Å²) in [5.41, 5.74) is 10.8. The fourth-order valence-corrected chi connectivity index (χ4v) is 7.65. The van der Waals surface area contributed by atoms with Gasteiger partial charge in [-0.3, -0.25) is 0 Å². The fraction of sp³-hybridized carbons (Fsp3) is 0. The van der Waals surface area contributed by atoms with E-state index < -0.39 is 0 Å². The Morgan fingerprint density at radius 2 is 0.873 bits per heavy atom. The van der Waals surface area contributed by atoms with Crippen LogP contribution in [0.25, 0.3) is 77.6 Å². The second kappa shape index (κ2) is 13.8. The Balaban J connectivity index is 1.28. The minimum Gasteiger partial charge on any atom is -0.310 e. The first-order valence-corrected chi connectivity index (χ1v) is 18.5. The molecule has 10 aromatic rings. The maximum atomic E-state index is 5.59. The zero-order valence-corrected chi connectivity index (χ0v) is 29.9. The first kappa shape index (κ1) is 32.2. The van der Waals surface area contributed by atoms with Crippen LogP contribution < -0.4 is 4.90 Å². The van der Waals surface area contributed by atoms with Gasteiger partial charge in [0.15, 0.2) is 5.82 Å². The minimum atomic E-state index is 0.686. The van der Waals surface area contributed by atoms with Crippen molar-refractivity contribution in [1.29, 1.82) is 0 Å². The number of pyridine rings is 1. The van der Waals surface area contributed by atoms with Gasteiger partial charge in [0, 0.05) is 49.8 Å². The highest BCUT2D eigenvalue weighted by atomic mass is 15.1. The summed E-state index contributed by atoms with van der Waals surface area (Å²) in [6.45, 7) is 0. The van der Waals surface area contributed by atoms with Crippen LogP contribution in [0.3, 0.4) is 0 Å². The molecule has 10 rings (SSSR count). The summed E-state index contributed by atoms with van der Waals surface area (Å²) in [6, 6.07) is 72.0. The molecule has 8 aromatic carbocycles. The van der Waals surface area contributed by atoms with E-state index in [1.165, 1.54) is 5.39 Å².